The third kappa shape index (κ3) is 6.27. The molecule has 0 radical (unpaired) electrons. The fraction of sp³-hybridized carbons (Fsp3) is 0.571. The summed E-state index contributed by atoms with van der Waals surface area (Å²) in [6, 6.07) is 7.63. The third-order valence-corrected chi connectivity index (χ3v) is 7.30. The summed E-state index contributed by atoms with van der Waals surface area (Å²) >= 11 is 3.40. The van der Waals surface area contributed by atoms with Crippen molar-refractivity contribution in [2.45, 2.75) is 63.3 Å². The standard InChI is InChI=1S/C21H28N2O3S2/c1-15(19(24)23-17-9-4-2-3-5-10-17)26-20(25)18-11-7-6-8-16(18)14-28-21-22-12-13-27-21/h6-8,11,15,17H,2-5,9-10,12-14H2,1H3,(H,23,24)/t15-/m1/s1. The van der Waals surface area contributed by atoms with E-state index in [2.05, 4.69) is 10.3 Å². The fourth-order valence-corrected chi connectivity index (χ4v) is 5.42. The molecule has 1 amide bonds. The first kappa shape index (κ1) is 21.2. The molecule has 1 fully saturated rings. The van der Waals surface area contributed by atoms with Gasteiger partial charge in [0.1, 0.15) is 4.38 Å². The van der Waals surface area contributed by atoms with Crippen molar-refractivity contribution in [3.8, 4) is 0 Å². The minimum atomic E-state index is -0.800. The van der Waals surface area contributed by atoms with Gasteiger partial charge in [-0.2, -0.15) is 0 Å². The molecule has 1 aliphatic heterocycles. The Morgan fingerprint density at radius 2 is 2.00 bits per heavy atom. The number of aliphatic imine (C=N–C) groups is 1. The first-order valence-electron chi connectivity index (χ1n) is 10.0. The van der Waals surface area contributed by atoms with Crippen LogP contribution in [0.25, 0.3) is 0 Å². The molecule has 5 nitrogen and oxygen atoms in total. The first-order valence-corrected chi connectivity index (χ1v) is 12.0. The van der Waals surface area contributed by atoms with Crippen LogP contribution in [0.2, 0.25) is 0 Å². The van der Waals surface area contributed by atoms with Crippen LogP contribution in [0.5, 0.6) is 0 Å². The quantitative estimate of drug-likeness (QED) is 0.545. The van der Waals surface area contributed by atoms with Crippen molar-refractivity contribution in [3.63, 3.8) is 0 Å². The fourth-order valence-electron chi connectivity index (χ4n) is 3.41. The van der Waals surface area contributed by atoms with E-state index in [4.69, 9.17) is 4.74 Å². The van der Waals surface area contributed by atoms with Crippen LogP contribution in [-0.4, -0.2) is 40.7 Å². The topological polar surface area (TPSA) is 67.8 Å². The molecule has 2 aliphatic rings. The number of amides is 1. The second-order valence-corrected chi connectivity index (χ2v) is 9.49. The summed E-state index contributed by atoms with van der Waals surface area (Å²) in [6.07, 6.45) is 5.98. The minimum Gasteiger partial charge on any atom is -0.449 e. The van der Waals surface area contributed by atoms with Crippen LogP contribution in [0.15, 0.2) is 29.3 Å². The van der Waals surface area contributed by atoms with E-state index in [1.165, 1.54) is 12.8 Å². The van der Waals surface area contributed by atoms with Gasteiger partial charge in [-0.25, -0.2) is 4.79 Å². The molecule has 7 heteroatoms. The van der Waals surface area contributed by atoms with Crippen molar-refractivity contribution < 1.29 is 14.3 Å². The van der Waals surface area contributed by atoms with Gasteiger partial charge in [0.2, 0.25) is 0 Å². The normalized spacial score (nSPS) is 18.8. The van der Waals surface area contributed by atoms with E-state index < -0.39 is 12.1 Å². The zero-order valence-electron chi connectivity index (χ0n) is 16.3. The molecular formula is C21H28N2O3S2. The number of nitrogens with one attached hydrogen (secondary N) is 1. The Labute approximate surface area is 175 Å². The molecule has 1 aromatic rings. The van der Waals surface area contributed by atoms with Gasteiger partial charge in [0.15, 0.2) is 6.10 Å². The lowest BCUT2D eigenvalue weighted by molar-refractivity contribution is -0.129. The molecule has 1 heterocycles. The van der Waals surface area contributed by atoms with Crippen molar-refractivity contribution >= 4 is 39.8 Å². The first-order chi connectivity index (χ1) is 13.6. The lowest BCUT2D eigenvalue weighted by Crippen LogP contribution is -2.41. The predicted molar refractivity (Wildman–Crippen MR) is 117 cm³/mol. The van der Waals surface area contributed by atoms with Crippen molar-refractivity contribution in [2.75, 3.05) is 12.3 Å². The highest BCUT2D eigenvalue weighted by atomic mass is 32.2. The van der Waals surface area contributed by atoms with Crippen molar-refractivity contribution in [2.24, 2.45) is 4.99 Å². The lowest BCUT2D eigenvalue weighted by atomic mass is 10.1. The van der Waals surface area contributed by atoms with E-state index in [1.54, 1.807) is 36.5 Å². The van der Waals surface area contributed by atoms with E-state index >= 15 is 0 Å². The molecule has 1 N–H and O–H groups in total. The number of thioether (sulfide) groups is 2. The van der Waals surface area contributed by atoms with Crippen LogP contribution in [0.4, 0.5) is 0 Å². The van der Waals surface area contributed by atoms with Crippen LogP contribution in [0.3, 0.4) is 0 Å². The Morgan fingerprint density at radius 3 is 2.71 bits per heavy atom. The van der Waals surface area contributed by atoms with E-state index in [-0.39, 0.29) is 11.9 Å². The van der Waals surface area contributed by atoms with Gasteiger partial charge in [-0.05, 0) is 31.4 Å². The number of ether oxygens (including phenoxy) is 1. The summed E-state index contributed by atoms with van der Waals surface area (Å²) in [6.45, 7) is 2.51. The van der Waals surface area contributed by atoms with Crippen molar-refractivity contribution in [1.82, 2.24) is 5.32 Å². The number of benzene rings is 1. The largest absolute Gasteiger partial charge is 0.449 e. The summed E-state index contributed by atoms with van der Waals surface area (Å²) in [5, 5.41) is 3.05. The van der Waals surface area contributed by atoms with E-state index in [9.17, 15) is 9.59 Å². The number of rotatable bonds is 6. The summed E-state index contributed by atoms with van der Waals surface area (Å²) in [5.74, 6) is 1.05. The van der Waals surface area contributed by atoms with Gasteiger partial charge in [-0.15, -0.1) is 0 Å². The summed E-state index contributed by atoms with van der Waals surface area (Å²) in [4.78, 5) is 29.6. The molecule has 0 saturated heterocycles. The highest BCUT2D eigenvalue weighted by Gasteiger charge is 2.23. The highest BCUT2D eigenvalue weighted by molar-refractivity contribution is 8.38. The number of nitrogens with zero attached hydrogens (tertiary/aromatic N) is 1. The second kappa shape index (κ2) is 10.9. The molecule has 152 valence electrons. The average Bonchev–Trinajstić information content (AvgIpc) is 3.10. The molecule has 1 saturated carbocycles. The maximum atomic E-state index is 12.7. The molecule has 3 rings (SSSR count). The average molecular weight is 421 g/mol. The van der Waals surface area contributed by atoms with Gasteiger partial charge in [0.25, 0.3) is 5.91 Å². The maximum absolute atomic E-state index is 12.7. The van der Waals surface area contributed by atoms with E-state index in [1.807, 2.05) is 18.2 Å². The van der Waals surface area contributed by atoms with Crippen LogP contribution in [0, 0.1) is 0 Å². The van der Waals surface area contributed by atoms with Crippen molar-refractivity contribution in [3.05, 3.63) is 35.4 Å². The number of carbonyl (C=O) groups excluding carboxylic acids is 2. The summed E-state index contributed by atoms with van der Waals surface area (Å²) < 4.78 is 6.56. The molecule has 0 bridgehead atoms. The van der Waals surface area contributed by atoms with Gasteiger partial charge in [0.05, 0.1) is 12.1 Å². The van der Waals surface area contributed by atoms with Gasteiger partial charge in [0, 0.05) is 17.5 Å². The number of hydrogen-bond donors (Lipinski definition) is 1. The van der Waals surface area contributed by atoms with Crippen LogP contribution < -0.4 is 5.32 Å². The molecule has 1 aliphatic carbocycles. The molecule has 0 aromatic heterocycles. The minimum absolute atomic E-state index is 0.199. The Kier molecular flexibility index (Phi) is 8.27. The van der Waals surface area contributed by atoms with Gasteiger partial charge < -0.3 is 10.1 Å². The van der Waals surface area contributed by atoms with Crippen LogP contribution in [-0.2, 0) is 15.3 Å². The monoisotopic (exact) mass is 420 g/mol. The Morgan fingerprint density at radius 1 is 1.25 bits per heavy atom. The van der Waals surface area contributed by atoms with Crippen LogP contribution in [0.1, 0.15) is 61.4 Å². The number of carbonyl (C=O) groups is 2. The Bertz CT molecular complexity index is 715. The third-order valence-electron chi connectivity index (χ3n) is 5.00. The SMILES string of the molecule is C[C@@H](OC(=O)c1ccccc1CSC1=NCCS1)C(=O)NC1CCCCCC1. The smallest absolute Gasteiger partial charge is 0.339 e. The molecule has 0 spiro atoms. The molecule has 28 heavy (non-hydrogen) atoms. The predicted octanol–water partition coefficient (Wildman–Crippen LogP) is 4.41. The second-order valence-electron chi connectivity index (χ2n) is 7.19. The van der Waals surface area contributed by atoms with E-state index in [0.29, 0.717) is 11.3 Å². The van der Waals surface area contributed by atoms with Gasteiger partial charge >= 0.3 is 5.97 Å². The van der Waals surface area contributed by atoms with Gasteiger partial charge in [-0.1, -0.05) is 67.4 Å². The Hall–Kier alpha value is -1.47. The molecule has 1 aromatic carbocycles. The number of hydrogen-bond acceptors (Lipinski definition) is 6. The highest BCUT2D eigenvalue weighted by Crippen LogP contribution is 2.27. The number of esters is 1. The van der Waals surface area contributed by atoms with Crippen molar-refractivity contribution in [1.29, 1.82) is 0 Å². The van der Waals surface area contributed by atoms with E-state index in [0.717, 1.165) is 47.9 Å². The zero-order chi connectivity index (χ0) is 19.8. The lowest BCUT2D eigenvalue weighted by Gasteiger charge is -2.20. The molecular weight excluding hydrogens is 392 g/mol. The van der Waals surface area contributed by atoms with Crippen LogP contribution >= 0.6 is 23.5 Å². The molecule has 1 atom stereocenters. The Balaban J connectivity index is 1.55. The summed E-state index contributed by atoms with van der Waals surface area (Å²) in [5.41, 5.74) is 1.43. The van der Waals surface area contributed by atoms with Gasteiger partial charge in [-0.3, -0.25) is 9.79 Å². The zero-order valence-corrected chi connectivity index (χ0v) is 17.9. The molecule has 0 unspecified atom stereocenters. The maximum Gasteiger partial charge on any atom is 0.339 e. The summed E-state index contributed by atoms with van der Waals surface area (Å²) in [7, 11) is 0.